The Bertz CT molecular complexity index is 1630. The molecule has 2 aromatic carbocycles. The number of aryl methyl sites for hydroxylation is 1. The number of aliphatic imine (C=N–C) groups is 1. The van der Waals surface area contributed by atoms with Crippen molar-refractivity contribution in [1.82, 2.24) is 25.0 Å². The quantitative estimate of drug-likeness (QED) is 0.239. The number of hydrogen-bond acceptors (Lipinski definition) is 6. The first-order valence-electron chi connectivity index (χ1n) is 14.7. The molecular formula is C32H33F3N6O3S. The highest BCUT2D eigenvalue weighted by molar-refractivity contribution is 8.15. The van der Waals surface area contributed by atoms with E-state index in [4.69, 9.17) is 0 Å². The summed E-state index contributed by atoms with van der Waals surface area (Å²) in [5.41, 5.74) is 4.46. The Labute approximate surface area is 263 Å². The molecule has 1 fully saturated rings. The van der Waals surface area contributed by atoms with Gasteiger partial charge in [-0.15, -0.1) is 18.3 Å². The van der Waals surface area contributed by atoms with E-state index in [1.165, 1.54) is 52.6 Å². The normalized spacial score (nSPS) is 17.8. The SMILES string of the molecule is CCC1=C(N2C(=O)CSC2=NC(=O)NCCCCc2cccc(-c3ncn(-c4ccc(OC(F)(F)F)cc4)n3)c2)C=CC(C)C1. The summed E-state index contributed by atoms with van der Waals surface area (Å²) < 4.78 is 42.7. The molecule has 3 amide bonds. The molecule has 2 aliphatic rings. The molecule has 5 rings (SSSR count). The summed E-state index contributed by atoms with van der Waals surface area (Å²) in [7, 11) is 0. The second-order valence-corrected chi connectivity index (χ2v) is 11.7. The number of thioether (sulfide) groups is 1. The predicted molar refractivity (Wildman–Crippen MR) is 167 cm³/mol. The smallest absolute Gasteiger partial charge is 0.406 e. The monoisotopic (exact) mass is 638 g/mol. The highest BCUT2D eigenvalue weighted by Crippen LogP contribution is 2.33. The Morgan fingerprint density at radius 1 is 1.18 bits per heavy atom. The fourth-order valence-electron chi connectivity index (χ4n) is 5.14. The van der Waals surface area contributed by atoms with Crippen molar-refractivity contribution >= 4 is 28.9 Å². The lowest BCUT2D eigenvalue weighted by Gasteiger charge is -2.25. The summed E-state index contributed by atoms with van der Waals surface area (Å²) in [4.78, 5) is 35.4. The van der Waals surface area contributed by atoms with Gasteiger partial charge in [-0.05, 0) is 85.6 Å². The van der Waals surface area contributed by atoms with Gasteiger partial charge in [0, 0.05) is 17.8 Å². The van der Waals surface area contributed by atoms with Gasteiger partial charge < -0.3 is 10.1 Å². The number of aromatic nitrogens is 3. The number of nitrogens with zero attached hydrogens (tertiary/aromatic N) is 5. The molecule has 1 saturated heterocycles. The molecular weight excluding hydrogens is 605 g/mol. The zero-order valence-electron chi connectivity index (χ0n) is 24.9. The van der Waals surface area contributed by atoms with Crippen LogP contribution in [0.2, 0.25) is 0 Å². The summed E-state index contributed by atoms with van der Waals surface area (Å²) >= 11 is 1.28. The molecule has 1 aliphatic heterocycles. The highest BCUT2D eigenvalue weighted by Gasteiger charge is 2.33. The van der Waals surface area contributed by atoms with E-state index in [1.807, 2.05) is 30.3 Å². The average Bonchev–Trinajstić information content (AvgIpc) is 3.64. The highest BCUT2D eigenvalue weighted by atomic mass is 32.2. The van der Waals surface area contributed by atoms with E-state index >= 15 is 0 Å². The molecule has 1 aromatic heterocycles. The molecule has 3 aromatic rings. The first-order valence-corrected chi connectivity index (χ1v) is 15.7. The van der Waals surface area contributed by atoms with Crippen LogP contribution in [-0.4, -0.2) is 55.4 Å². The molecule has 9 nitrogen and oxygen atoms in total. The number of unbranched alkanes of at least 4 members (excludes halogenated alkanes) is 1. The van der Waals surface area contributed by atoms with Crippen LogP contribution in [0.15, 0.2) is 83.3 Å². The third-order valence-electron chi connectivity index (χ3n) is 7.32. The number of ether oxygens (including phenoxy) is 1. The van der Waals surface area contributed by atoms with Crippen LogP contribution in [0.4, 0.5) is 18.0 Å². The van der Waals surface area contributed by atoms with Crippen molar-refractivity contribution in [3.63, 3.8) is 0 Å². The minimum absolute atomic E-state index is 0.0653. The Balaban J connectivity index is 1.11. The van der Waals surface area contributed by atoms with Crippen LogP contribution >= 0.6 is 11.8 Å². The van der Waals surface area contributed by atoms with E-state index in [1.54, 1.807) is 4.90 Å². The molecule has 236 valence electrons. The van der Waals surface area contributed by atoms with Gasteiger partial charge in [-0.3, -0.25) is 9.69 Å². The topological polar surface area (TPSA) is 102 Å². The van der Waals surface area contributed by atoms with Gasteiger partial charge in [0.05, 0.1) is 11.4 Å². The average molecular weight is 639 g/mol. The first kappa shape index (κ1) is 32.0. The summed E-state index contributed by atoms with van der Waals surface area (Å²) in [5, 5.41) is 7.72. The van der Waals surface area contributed by atoms with E-state index < -0.39 is 12.4 Å². The minimum atomic E-state index is -4.75. The van der Waals surface area contributed by atoms with Crippen molar-refractivity contribution in [3.05, 3.63) is 83.8 Å². The summed E-state index contributed by atoms with van der Waals surface area (Å²) in [6, 6.07) is 12.7. The predicted octanol–water partition coefficient (Wildman–Crippen LogP) is 7.06. The maximum Gasteiger partial charge on any atom is 0.573 e. The number of alkyl halides is 3. The largest absolute Gasteiger partial charge is 0.573 e. The van der Waals surface area contributed by atoms with Crippen molar-refractivity contribution in [1.29, 1.82) is 0 Å². The van der Waals surface area contributed by atoms with E-state index in [2.05, 4.69) is 45.1 Å². The van der Waals surface area contributed by atoms with Crippen LogP contribution in [0.1, 0.15) is 45.1 Å². The number of allylic oxidation sites excluding steroid dienone is 3. The van der Waals surface area contributed by atoms with Gasteiger partial charge in [-0.2, -0.15) is 4.99 Å². The van der Waals surface area contributed by atoms with Gasteiger partial charge in [0.25, 0.3) is 0 Å². The van der Waals surface area contributed by atoms with Crippen LogP contribution in [-0.2, 0) is 11.2 Å². The van der Waals surface area contributed by atoms with Crippen molar-refractivity contribution < 1.29 is 27.5 Å². The number of hydrogen-bond donors (Lipinski definition) is 1. The third kappa shape index (κ3) is 8.41. The standard InChI is InChI=1S/C32H33F3N6O3S/c1-3-23-17-21(2)10-15-27(23)41-28(42)19-45-31(41)38-30(43)36-16-5-4-7-22-8-6-9-24(18-22)29-37-20-40(39-29)25-11-13-26(14-12-25)44-32(33,34)35/h6,8-15,18,20-21H,3-5,7,16-17,19H2,1-2H3,(H,36,43). The van der Waals surface area contributed by atoms with E-state index in [0.717, 1.165) is 48.9 Å². The van der Waals surface area contributed by atoms with Crippen LogP contribution in [0.25, 0.3) is 17.1 Å². The molecule has 1 unspecified atom stereocenters. The first-order chi connectivity index (χ1) is 21.6. The molecule has 1 N–H and O–H groups in total. The molecule has 0 spiro atoms. The second-order valence-electron chi connectivity index (χ2n) is 10.7. The summed E-state index contributed by atoms with van der Waals surface area (Å²) in [6.07, 6.45) is 4.87. The fourth-order valence-corrected chi connectivity index (χ4v) is 5.99. The lowest BCUT2D eigenvalue weighted by Crippen LogP contribution is -2.32. The van der Waals surface area contributed by atoms with Gasteiger partial charge in [0.15, 0.2) is 11.0 Å². The number of urea groups is 1. The van der Waals surface area contributed by atoms with Crippen molar-refractivity contribution in [2.45, 2.75) is 52.3 Å². The van der Waals surface area contributed by atoms with E-state index in [0.29, 0.717) is 29.1 Å². The van der Waals surface area contributed by atoms with Crippen molar-refractivity contribution in [2.75, 3.05) is 12.3 Å². The minimum Gasteiger partial charge on any atom is -0.406 e. The second kappa shape index (κ2) is 14.1. The van der Waals surface area contributed by atoms with Crippen LogP contribution < -0.4 is 10.1 Å². The van der Waals surface area contributed by atoms with Gasteiger partial charge in [0.1, 0.15) is 12.1 Å². The summed E-state index contributed by atoms with van der Waals surface area (Å²) in [5.74, 6) is 0.785. The fraction of sp³-hybridized carbons (Fsp3) is 0.344. The number of nitrogens with one attached hydrogen (secondary N) is 1. The number of carbonyl (C=O) groups is 2. The number of halogens is 3. The van der Waals surface area contributed by atoms with Crippen molar-refractivity contribution in [3.8, 4) is 22.8 Å². The van der Waals surface area contributed by atoms with E-state index in [-0.39, 0.29) is 17.4 Å². The molecule has 45 heavy (non-hydrogen) atoms. The zero-order valence-corrected chi connectivity index (χ0v) is 25.7. The van der Waals surface area contributed by atoms with Gasteiger partial charge in [0.2, 0.25) is 5.91 Å². The molecule has 2 heterocycles. The molecule has 0 bridgehead atoms. The number of rotatable bonds is 10. The number of carbonyl (C=O) groups excluding carboxylic acids is 2. The Morgan fingerprint density at radius 2 is 1.98 bits per heavy atom. The lowest BCUT2D eigenvalue weighted by atomic mass is 9.92. The zero-order chi connectivity index (χ0) is 32.0. The summed E-state index contributed by atoms with van der Waals surface area (Å²) in [6.45, 7) is 4.67. The maximum absolute atomic E-state index is 12.7. The molecule has 13 heteroatoms. The van der Waals surface area contributed by atoms with E-state index in [9.17, 15) is 22.8 Å². The molecule has 0 radical (unpaired) electrons. The van der Waals surface area contributed by atoms with Gasteiger partial charge >= 0.3 is 12.4 Å². The Morgan fingerprint density at radius 3 is 2.73 bits per heavy atom. The maximum atomic E-state index is 12.7. The molecule has 0 saturated carbocycles. The third-order valence-corrected chi connectivity index (χ3v) is 8.25. The molecule has 1 aliphatic carbocycles. The number of amides is 3. The van der Waals surface area contributed by atoms with Crippen LogP contribution in [0.5, 0.6) is 5.75 Å². The van der Waals surface area contributed by atoms with Gasteiger partial charge in [-0.1, -0.05) is 49.9 Å². The van der Waals surface area contributed by atoms with Gasteiger partial charge in [-0.25, -0.2) is 14.5 Å². The Kier molecular flexibility index (Phi) is 10.1. The van der Waals surface area contributed by atoms with Crippen LogP contribution in [0, 0.1) is 5.92 Å². The van der Waals surface area contributed by atoms with Crippen molar-refractivity contribution in [2.24, 2.45) is 10.9 Å². The lowest BCUT2D eigenvalue weighted by molar-refractivity contribution is -0.274. The van der Waals surface area contributed by atoms with Crippen LogP contribution in [0.3, 0.4) is 0 Å². The Hall–Kier alpha value is -4.39. The number of amidine groups is 1. The number of benzene rings is 2. The molecule has 1 atom stereocenters.